The maximum absolute atomic E-state index is 13.5. The number of aromatic nitrogens is 2. The molecule has 4 aromatic rings. The smallest absolute Gasteiger partial charge is 0.251 e. The minimum Gasteiger partial charge on any atom is -0.352 e. The quantitative estimate of drug-likeness (QED) is 0.371. The molecule has 1 amide bonds. The zero-order chi connectivity index (χ0) is 22.2. The molecule has 32 heavy (non-hydrogen) atoms. The highest BCUT2D eigenvalue weighted by Crippen LogP contribution is 2.20. The van der Waals surface area contributed by atoms with Gasteiger partial charge in [0, 0.05) is 29.6 Å². The van der Waals surface area contributed by atoms with Gasteiger partial charge in [0.2, 0.25) is 0 Å². The highest BCUT2D eigenvalue weighted by atomic mass is 19.1. The van der Waals surface area contributed by atoms with Crippen molar-refractivity contribution >= 4 is 17.4 Å². The van der Waals surface area contributed by atoms with Crippen LogP contribution in [-0.4, -0.2) is 22.4 Å². The summed E-state index contributed by atoms with van der Waals surface area (Å²) >= 11 is 0. The number of anilines is 2. The van der Waals surface area contributed by atoms with E-state index in [-0.39, 0.29) is 11.7 Å². The number of aryl methyl sites for hydroxylation is 1. The maximum atomic E-state index is 13.5. The highest BCUT2D eigenvalue weighted by Gasteiger charge is 2.08. The average Bonchev–Trinajstić information content (AvgIpc) is 2.83. The van der Waals surface area contributed by atoms with Gasteiger partial charge in [0.15, 0.2) is 5.82 Å². The number of hydrogen-bond donors (Lipinski definition) is 2. The standard InChI is InChI=1S/C26H23FN4O/c27-22-12-4-10-20(17-22)25-28-16-14-24(31-25)30-23-13-5-11-21(18-23)26(32)29-15-6-9-19-7-2-1-3-8-19/h1-5,7-8,10-14,16-18H,6,9,15H2,(H,29,32)(H,28,30,31). The highest BCUT2D eigenvalue weighted by molar-refractivity contribution is 5.95. The molecule has 0 radical (unpaired) electrons. The molecule has 0 fully saturated rings. The first kappa shape index (κ1) is 21.2. The largest absolute Gasteiger partial charge is 0.352 e. The van der Waals surface area contributed by atoms with Crippen LogP contribution in [-0.2, 0) is 6.42 Å². The molecule has 0 bridgehead atoms. The normalized spacial score (nSPS) is 10.5. The Kier molecular flexibility index (Phi) is 6.82. The van der Waals surface area contributed by atoms with Crippen molar-refractivity contribution in [3.05, 3.63) is 108 Å². The van der Waals surface area contributed by atoms with E-state index in [1.54, 1.807) is 36.5 Å². The van der Waals surface area contributed by atoms with E-state index in [2.05, 4.69) is 32.7 Å². The SMILES string of the molecule is O=C(NCCCc1ccccc1)c1cccc(Nc2ccnc(-c3cccc(F)c3)n2)c1. The molecule has 0 aliphatic carbocycles. The number of nitrogens with zero attached hydrogens (tertiary/aromatic N) is 2. The molecular formula is C26H23FN4O. The van der Waals surface area contributed by atoms with Gasteiger partial charge in [0.1, 0.15) is 11.6 Å². The van der Waals surface area contributed by atoms with Crippen molar-refractivity contribution in [2.24, 2.45) is 0 Å². The van der Waals surface area contributed by atoms with Crippen molar-refractivity contribution in [3.8, 4) is 11.4 Å². The Morgan fingerprint density at radius 3 is 2.59 bits per heavy atom. The van der Waals surface area contributed by atoms with E-state index in [0.717, 1.165) is 18.5 Å². The summed E-state index contributed by atoms with van der Waals surface area (Å²) in [6.45, 7) is 0.605. The molecule has 5 nitrogen and oxygen atoms in total. The Morgan fingerprint density at radius 1 is 0.906 bits per heavy atom. The second-order valence-electron chi connectivity index (χ2n) is 7.33. The Labute approximate surface area is 186 Å². The number of rotatable bonds is 8. The fourth-order valence-corrected chi connectivity index (χ4v) is 3.32. The van der Waals surface area contributed by atoms with Gasteiger partial charge in [0.05, 0.1) is 0 Å². The van der Waals surface area contributed by atoms with Gasteiger partial charge in [-0.2, -0.15) is 0 Å². The minimum atomic E-state index is -0.341. The van der Waals surface area contributed by atoms with Gasteiger partial charge in [0.25, 0.3) is 5.91 Å². The van der Waals surface area contributed by atoms with Gasteiger partial charge in [-0.15, -0.1) is 0 Å². The number of hydrogen-bond acceptors (Lipinski definition) is 4. The fourth-order valence-electron chi connectivity index (χ4n) is 3.32. The molecule has 0 aliphatic rings. The van der Waals surface area contributed by atoms with Crippen LogP contribution in [0, 0.1) is 5.82 Å². The Bertz CT molecular complexity index is 1200. The van der Waals surface area contributed by atoms with Gasteiger partial charge in [-0.05, 0) is 54.8 Å². The molecule has 0 spiro atoms. The Balaban J connectivity index is 1.36. The number of carbonyl (C=O) groups excluding carboxylic acids is 1. The predicted molar refractivity (Wildman–Crippen MR) is 124 cm³/mol. The van der Waals surface area contributed by atoms with E-state index < -0.39 is 0 Å². The van der Waals surface area contributed by atoms with E-state index in [4.69, 9.17) is 0 Å². The number of nitrogens with one attached hydrogen (secondary N) is 2. The van der Waals surface area contributed by atoms with Crippen LogP contribution in [0.1, 0.15) is 22.3 Å². The maximum Gasteiger partial charge on any atom is 0.251 e. The number of halogens is 1. The molecule has 3 aromatic carbocycles. The zero-order valence-corrected chi connectivity index (χ0v) is 17.5. The van der Waals surface area contributed by atoms with Crippen LogP contribution in [0.3, 0.4) is 0 Å². The lowest BCUT2D eigenvalue weighted by atomic mass is 10.1. The van der Waals surface area contributed by atoms with E-state index in [9.17, 15) is 9.18 Å². The lowest BCUT2D eigenvalue weighted by Crippen LogP contribution is -2.24. The summed E-state index contributed by atoms with van der Waals surface area (Å²) in [7, 11) is 0. The van der Waals surface area contributed by atoms with Crippen LogP contribution in [0.4, 0.5) is 15.9 Å². The van der Waals surface area contributed by atoms with Crippen LogP contribution in [0.25, 0.3) is 11.4 Å². The number of amides is 1. The zero-order valence-electron chi connectivity index (χ0n) is 17.5. The van der Waals surface area contributed by atoms with E-state index >= 15 is 0 Å². The van der Waals surface area contributed by atoms with E-state index in [0.29, 0.717) is 29.3 Å². The predicted octanol–water partition coefficient (Wildman–Crippen LogP) is 5.39. The second kappa shape index (κ2) is 10.3. The molecule has 6 heteroatoms. The van der Waals surface area contributed by atoms with Crippen LogP contribution in [0.5, 0.6) is 0 Å². The lowest BCUT2D eigenvalue weighted by Gasteiger charge is -2.10. The summed E-state index contributed by atoms with van der Waals surface area (Å²) in [5, 5.41) is 6.16. The average molecular weight is 426 g/mol. The summed E-state index contributed by atoms with van der Waals surface area (Å²) in [4.78, 5) is 21.2. The summed E-state index contributed by atoms with van der Waals surface area (Å²) < 4.78 is 13.5. The van der Waals surface area contributed by atoms with Gasteiger partial charge in [-0.3, -0.25) is 4.79 Å². The summed E-state index contributed by atoms with van der Waals surface area (Å²) in [6.07, 6.45) is 3.40. The summed E-state index contributed by atoms with van der Waals surface area (Å²) in [6, 6.07) is 25.3. The molecule has 0 aliphatic heterocycles. The topological polar surface area (TPSA) is 66.9 Å². The van der Waals surface area contributed by atoms with Gasteiger partial charge < -0.3 is 10.6 Å². The molecule has 0 saturated heterocycles. The molecule has 2 N–H and O–H groups in total. The third-order valence-electron chi connectivity index (χ3n) is 4.91. The minimum absolute atomic E-state index is 0.121. The third kappa shape index (κ3) is 5.76. The first-order chi connectivity index (χ1) is 15.7. The summed E-state index contributed by atoms with van der Waals surface area (Å²) in [5.41, 5.74) is 3.15. The first-order valence-corrected chi connectivity index (χ1v) is 10.5. The van der Waals surface area contributed by atoms with Crippen LogP contribution in [0.15, 0.2) is 91.1 Å². The fraction of sp³-hybridized carbons (Fsp3) is 0.115. The van der Waals surface area contributed by atoms with E-state index in [1.165, 1.54) is 17.7 Å². The lowest BCUT2D eigenvalue weighted by molar-refractivity contribution is 0.0953. The molecule has 0 saturated carbocycles. The molecule has 160 valence electrons. The van der Waals surface area contributed by atoms with Crippen molar-refractivity contribution in [1.82, 2.24) is 15.3 Å². The van der Waals surface area contributed by atoms with Crippen LogP contribution < -0.4 is 10.6 Å². The van der Waals surface area contributed by atoms with Crippen molar-refractivity contribution < 1.29 is 9.18 Å². The van der Waals surface area contributed by atoms with Gasteiger partial charge >= 0.3 is 0 Å². The first-order valence-electron chi connectivity index (χ1n) is 10.5. The van der Waals surface area contributed by atoms with Crippen molar-refractivity contribution in [2.75, 3.05) is 11.9 Å². The number of carbonyl (C=O) groups is 1. The van der Waals surface area contributed by atoms with Crippen LogP contribution >= 0.6 is 0 Å². The van der Waals surface area contributed by atoms with E-state index in [1.807, 2.05) is 30.3 Å². The summed E-state index contributed by atoms with van der Waals surface area (Å²) in [5.74, 6) is 0.512. The van der Waals surface area contributed by atoms with Gasteiger partial charge in [-0.25, -0.2) is 14.4 Å². The Hall–Kier alpha value is -4.06. The number of benzene rings is 3. The molecule has 0 unspecified atom stereocenters. The second-order valence-corrected chi connectivity index (χ2v) is 7.33. The molecule has 1 heterocycles. The monoisotopic (exact) mass is 426 g/mol. The van der Waals surface area contributed by atoms with Crippen molar-refractivity contribution in [3.63, 3.8) is 0 Å². The molecule has 1 aromatic heterocycles. The van der Waals surface area contributed by atoms with Gasteiger partial charge in [-0.1, -0.05) is 48.5 Å². The Morgan fingerprint density at radius 2 is 1.75 bits per heavy atom. The molecule has 4 rings (SSSR count). The van der Waals surface area contributed by atoms with Crippen molar-refractivity contribution in [2.45, 2.75) is 12.8 Å². The molecule has 0 atom stereocenters. The third-order valence-corrected chi connectivity index (χ3v) is 4.91. The van der Waals surface area contributed by atoms with Crippen molar-refractivity contribution in [1.29, 1.82) is 0 Å². The van der Waals surface area contributed by atoms with Crippen LogP contribution in [0.2, 0.25) is 0 Å². The molecular weight excluding hydrogens is 403 g/mol.